The van der Waals surface area contributed by atoms with Gasteiger partial charge >= 0.3 is 0 Å². The highest BCUT2D eigenvalue weighted by molar-refractivity contribution is 6.05. The van der Waals surface area contributed by atoms with Crippen LogP contribution in [0.5, 0.6) is 5.75 Å². The summed E-state index contributed by atoms with van der Waals surface area (Å²) in [6.45, 7) is -0.773. The topological polar surface area (TPSA) is 67.4 Å². The molecular weight excluding hydrogens is 330 g/mol. The second-order valence-electron chi connectivity index (χ2n) is 5.56. The molecule has 1 aliphatic rings. The Morgan fingerprint density at radius 3 is 2.88 bits per heavy atom. The van der Waals surface area contributed by atoms with Crippen molar-refractivity contribution in [1.82, 2.24) is 0 Å². The number of amides is 2. The van der Waals surface area contributed by atoms with Crippen LogP contribution in [0.4, 0.5) is 20.2 Å². The van der Waals surface area contributed by atoms with Gasteiger partial charge in [-0.15, -0.1) is 0 Å². The van der Waals surface area contributed by atoms with Gasteiger partial charge in [-0.3, -0.25) is 9.59 Å². The monoisotopic (exact) mass is 346 g/mol. The first-order valence-electron chi connectivity index (χ1n) is 7.76. The molecule has 0 saturated heterocycles. The van der Waals surface area contributed by atoms with Gasteiger partial charge in [-0.1, -0.05) is 18.2 Å². The van der Waals surface area contributed by atoms with Crippen molar-refractivity contribution in [3.8, 4) is 5.75 Å². The van der Waals surface area contributed by atoms with Gasteiger partial charge < -0.3 is 15.4 Å². The van der Waals surface area contributed by atoms with Gasteiger partial charge in [0.1, 0.15) is 24.8 Å². The largest absolute Gasteiger partial charge is 0.489 e. The lowest BCUT2D eigenvalue weighted by Gasteiger charge is -2.25. The highest BCUT2D eigenvalue weighted by Crippen LogP contribution is 2.34. The third-order valence-corrected chi connectivity index (χ3v) is 3.85. The molecule has 0 bridgehead atoms. The van der Waals surface area contributed by atoms with Crippen LogP contribution in [-0.2, 0) is 9.59 Å². The molecule has 0 aromatic heterocycles. The first-order chi connectivity index (χ1) is 12.1. The van der Waals surface area contributed by atoms with Crippen molar-refractivity contribution in [3.05, 3.63) is 53.8 Å². The molecule has 2 aromatic rings. The number of halogens is 2. The van der Waals surface area contributed by atoms with Crippen LogP contribution < -0.4 is 15.4 Å². The predicted molar refractivity (Wildman–Crippen MR) is 88.9 cm³/mol. The molecule has 2 aromatic carbocycles. The lowest BCUT2D eigenvalue weighted by molar-refractivity contribution is -0.123. The number of fused-ring (bicyclic) bond motifs is 1. The minimum atomic E-state index is -0.751. The zero-order valence-electron chi connectivity index (χ0n) is 13.2. The van der Waals surface area contributed by atoms with Crippen LogP contribution in [0.1, 0.15) is 17.9 Å². The summed E-state index contributed by atoms with van der Waals surface area (Å²) in [4.78, 5) is 24.5. The number of hydrogen-bond donors (Lipinski definition) is 2. The molecule has 0 saturated carbocycles. The Labute approximate surface area is 143 Å². The summed E-state index contributed by atoms with van der Waals surface area (Å²) >= 11 is 0. The molecule has 7 heteroatoms. The van der Waals surface area contributed by atoms with Crippen molar-refractivity contribution in [2.75, 3.05) is 23.9 Å². The van der Waals surface area contributed by atoms with Crippen molar-refractivity contribution in [3.63, 3.8) is 0 Å². The fourth-order valence-corrected chi connectivity index (χ4v) is 2.74. The van der Waals surface area contributed by atoms with Gasteiger partial charge in [0.15, 0.2) is 0 Å². The maximum Gasteiger partial charge on any atom is 0.232 e. The van der Waals surface area contributed by atoms with Gasteiger partial charge in [-0.25, -0.2) is 8.78 Å². The van der Waals surface area contributed by atoms with Crippen molar-refractivity contribution in [2.45, 2.75) is 12.3 Å². The Hall–Kier alpha value is -2.96. The van der Waals surface area contributed by atoms with E-state index in [2.05, 4.69) is 10.6 Å². The van der Waals surface area contributed by atoms with Crippen molar-refractivity contribution in [2.24, 2.45) is 0 Å². The molecule has 25 heavy (non-hydrogen) atoms. The summed E-state index contributed by atoms with van der Waals surface area (Å²) in [6, 6.07) is 10.6. The number of rotatable bonds is 5. The fourth-order valence-electron chi connectivity index (χ4n) is 2.74. The van der Waals surface area contributed by atoms with Gasteiger partial charge in [-0.05, 0) is 29.8 Å². The number of alkyl halides is 1. The van der Waals surface area contributed by atoms with Crippen molar-refractivity contribution in [1.29, 1.82) is 0 Å². The number of hydrogen-bond acceptors (Lipinski definition) is 3. The van der Waals surface area contributed by atoms with Gasteiger partial charge in [0.25, 0.3) is 0 Å². The fraction of sp³-hybridized carbons (Fsp3) is 0.222. The zero-order valence-corrected chi connectivity index (χ0v) is 13.2. The average molecular weight is 346 g/mol. The average Bonchev–Trinajstić information content (AvgIpc) is 2.59. The lowest BCUT2D eigenvalue weighted by Crippen LogP contribution is -2.31. The van der Waals surface area contributed by atoms with E-state index in [1.165, 1.54) is 18.2 Å². The number of benzene rings is 2. The second kappa shape index (κ2) is 7.29. The Kier molecular flexibility index (Phi) is 4.92. The summed E-state index contributed by atoms with van der Waals surface area (Å²) in [5.74, 6) is -1.68. The molecule has 2 amide bonds. The standard InChI is InChI=1S/C18H16F2N2O3/c19-7-8-25-16-4-2-1-3-14(16)22-18(24)13-10-17(23)21-15-9-11(20)5-6-12(13)15/h1-6,9,13H,7-8,10H2,(H,21,23)(H,22,24). The molecule has 2 N–H and O–H groups in total. The smallest absolute Gasteiger partial charge is 0.232 e. The normalized spacial score (nSPS) is 15.9. The maximum atomic E-state index is 13.4. The van der Waals surface area contributed by atoms with E-state index in [1.807, 2.05) is 0 Å². The number of ether oxygens (including phenoxy) is 1. The van der Waals surface area contributed by atoms with E-state index in [9.17, 15) is 18.4 Å². The minimum absolute atomic E-state index is 0.0437. The predicted octanol–water partition coefficient (Wildman–Crippen LogP) is 3.24. The summed E-state index contributed by atoms with van der Waals surface area (Å²) in [6.07, 6.45) is -0.0437. The molecule has 0 fully saturated rings. The summed E-state index contributed by atoms with van der Waals surface area (Å²) in [7, 11) is 0. The number of carbonyl (C=O) groups is 2. The van der Waals surface area contributed by atoms with Crippen LogP contribution in [0.25, 0.3) is 0 Å². The van der Waals surface area contributed by atoms with Crippen LogP contribution >= 0.6 is 0 Å². The minimum Gasteiger partial charge on any atom is -0.489 e. The third kappa shape index (κ3) is 3.76. The molecule has 0 radical (unpaired) electrons. The highest BCUT2D eigenvalue weighted by Gasteiger charge is 2.31. The summed E-state index contributed by atoms with van der Waals surface area (Å²) in [5, 5.41) is 5.27. The molecule has 1 heterocycles. The first kappa shape index (κ1) is 16.9. The van der Waals surface area contributed by atoms with E-state index < -0.39 is 24.3 Å². The molecule has 0 aliphatic carbocycles. The van der Waals surface area contributed by atoms with Crippen LogP contribution in [-0.4, -0.2) is 25.1 Å². The Morgan fingerprint density at radius 2 is 2.08 bits per heavy atom. The number of anilines is 2. The van der Waals surface area contributed by atoms with Crippen LogP contribution in [0.2, 0.25) is 0 Å². The first-order valence-corrected chi connectivity index (χ1v) is 7.76. The lowest BCUT2D eigenvalue weighted by atomic mass is 9.89. The Morgan fingerprint density at radius 1 is 1.28 bits per heavy atom. The molecule has 0 spiro atoms. The number of carbonyl (C=O) groups excluding carboxylic acids is 2. The zero-order chi connectivity index (χ0) is 17.8. The van der Waals surface area contributed by atoms with Crippen LogP contribution in [0.3, 0.4) is 0 Å². The number of para-hydroxylation sites is 2. The second-order valence-corrected chi connectivity index (χ2v) is 5.56. The van der Waals surface area contributed by atoms with Crippen LogP contribution in [0.15, 0.2) is 42.5 Å². The van der Waals surface area contributed by atoms with Gasteiger partial charge in [-0.2, -0.15) is 0 Å². The van der Waals surface area contributed by atoms with Crippen molar-refractivity contribution >= 4 is 23.2 Å². The molecule has 5 nitrogen and oxygen atoms in total. The van der Waals surface area contributed by atoms with E-state index in [4.69, 9.17) is 4.74 Å². The third-order valence-electron chi connectivity index (χ3n) is 3.85. The van der Waals surface area contributed by atoms with E-state index >= 15 is 0 Å². The van der Waals surface area contributed by atoms with E-state index in [0.29, 0.717) is 22.7 Å². The maximum absolute atomic E-state index is 13.4. The van der Waals surface area contributed by atoms with Gasteiger partial charge in [0.05, 0.1) is 11.6 Å². The van der Waals surface area contributed by atoms with Gasteiger partial charge in [0, 0.05) is 12.1 Å². The number of nitrogens with one attached hydrogen (secondary N) is 2. The van der Waals surface area contributed by atoms with Crippen molar-refractivity contribution < 1.29 is 23.1 Å². The van der Waals surface area contributed by atoms with E-state index in [0.717, 1.165) is 0 Å². The van der Waals surface area contributed by atoms with E-state index in [1.54, 1.807) is 24.3 Å². The molecule has 3 rings (SSSR count). The highest BCUT2D eigenvalue weighted by atomic mass is 19.1. The molecule has 130 valence electrons. The Balaban J connectivity index is 1.84. The molecule has 1 unspecified atom stereocenters. The van der Waals surface area contributed by atoms with Crippen LogP contribution in [0, 0.1) is 5.82 Å². The van der Waals surface area contributed by atoms with E-state index in [-0.39, 0.29) is 18.9 Å². The summed E-state index contributed by atoms with van der Waals surface area (Å²) < 4.78 is 30.9. The van der Waals surface area contributed by atoms with Gasteiger partial charge in [0.2, 0.25) is 11.8 Å². The molecule has 1 aliphatic heterocycles. The SMILES string of the molecule is O=C1CC(C(=O)Nc2ccccc2OCCF)c2ccc(F)cc2N1. The molecular formula is C18H16F2N2O3. The molecule has 1 atom stereocenters. The quantitative estimate of drug-likeness (QED) is 0.873. The summed E-state index contributed by atoms with van der Waals surface area (Å²) in [5.41, 5.74) is 1.22. The Bertz CT molecular complexity index is 811.